The van der Waals surface area contributed by atoms with E-state index in [2.05, 4.69) is 5.32 Å². The maximum Gasteiger partial charge on any atom is 0.163 e. The molecule has 0 heterocycles. The first-order chi connectivity index (χ1) is 10.1. The Morgan fingerprint density at radius 1 is 1.05 bits per heavy atom. The first kappa shape index (κ1) is 16.2. The molecule has 5 heteroatoms. The zero-order valence-corrected chi connectivity index (χ0v) is 13.0. The molecule has 21 heavy (non-hydrogen) atoms. The molecule has 1 atom stereocenters. The molecule has 0 saturated heterocycles. The highest BCUT2D eigenvalue weighted by molar-refractivity contribution is 6.42. The molecule has 0 saturated carbocycles. The van der Waals surface area contributed by atoms with Crippen LogP contribution in [0.4, 0.5) is 8.78 Å². The molecule has 1 unspecified atom stereocenters. The standard InChI is InChI=1S/C16H15Cl2F2N/c1-2-9-21-16(10-5-3-7-12(17)14(10)18)11-6-4-8-13(19)15(11)20/h3-8,16,21H,2,9H2,1H3. The third-order valence-corrected chi connectivity index (χ3v) is 4.02. The average Bonchev–Trinajstić information content (AvgIpc) is 2.47. The second kappa shape index (κ2) is 7.21. The second-order valence-corrected chi connectivity index (χ2v) is 5.46. The summed E-state index contributed by atoms with van der Waals surface area (Å²) in [5.74, 6) is -1.75. The lowest BCUT2D eigenvalue weighted by atomic mass is 9.97. The molecule has 0 amide bonds. The highest BCUT2D eigenvalue weighted by Gasteiger charge is 2.22. The molecule has 0 bridgehead atoms. The minimum Gasteiger partial charge on any atom is -0.306 e. The van der Waals surface area contributed by atoms with E-state index in [0.29, 0.717) is 22.2 Å². The molecule has 0 aromatic heterocycles. The van der Waals surface area contributed by atoms with E-state index in [1.165, 1.54) is 6.07 Å². The van der Waals surface area contributed by atoms with Crippen LogP contribution in [0.2, 0.25) is 10.0 Å². The molecule has 1 nitrogen and oxygen atoms in total. The summed E-state index contributed by atoms with van der Waals surface area (Å²) < 4.78 is 27.6. The van der Waals surface area contributed by atoms with Gasteiger partial charge in [-0.15, -0.1) is 0 Å². The van der Waals surface area contributed by atoms with Gasteiger partial charge < -0.3 is 5.32 Å². The predicted octanol–water partition coefficient (Wildman–Crippen LogP) is 5.36. The summed E-state index contributed by atoms with van der Waals surface area (Å²) in [5, 5.41) is 3.92. The highest BCUT2D eigenvalue weighted by atomic mass is 35.5. The summed E-state index contributed by atoms with van der Waals surface area (Å²) in [5.41, 5.74) is 0.842. The van der Waals surface area contributed by atoms with Gasteiger partial charge in [0.25, 0.3) is 0 Å². The summed E-state index contributed by atoms with van der Waals surface area (Å²) >= 11 is 12.2. The van der Waals surface area contributed by atoms with E-state index in [-0.39, 0.29) is 5.56 Å². The van der Waals surface area contributed by atoms with Crippen LogP contribution in [0, 0.1) is 11.6 Å². The van der Waals surface area contributed by atoms with E-state index in [0.717, 1.165) is 12.5 Å². The summed E-state index contributed by atoms with van der Waals surface area (Å²) in [4.78, 5) is 0. The van der Waals surface area contributed by atoms with Crippen molar-refractivity contribution in [1.82, 2.24) is 5.32 Å². The van der Waals surface area contributed by atoms with Crippen LogP contribution in [-0.4, -0.2) is 6.54 Å². The van der Waals surface area contributed by atoms with Gasteiger partial charge >= 0.3 is 0 Å². The van der Waals surface area contributed by atoms with Crippen LogP contribution in [0.3, 0.4) is 0 Å². The Morgan fingerprint density at radius 2 is 1.71 bits per heavy atom. The van der Waals surface area contributed by atoms with Gasteiger partial charge in [0, 0.05) is 5.56 Å². The van der Waals surface area contributed by atoms with Gasteiger partial charge in [-0.3, -0.25) is 0 Å². The number of nitrogens with one attached hydrogen (secondary N) is 1. The summed E-state index contributed by atoms with van der Waals surface area (Å²) in [6, 6.07) is 8.72. The Bertz CT molecular complexity index is 580. The molecule has 2 aromatic rings. The smallest absolute Gasteiger partial charge is 0.163 e. The van der Waals surface area contributed by atoms with E-state index in [1.807, 2.05) is 6.92 Å². The fraction of sp³-hybridized carbons (Fsp3) is 0.250. The minimum absolute atomic E-state index is 0.215. The van der Waals surface area contributed by atoms with Crippen molar-refractivity contribution in [1.29, 1.82) is 0 Å². The second-order valence-electron chi connectivity index (χ2n) is 4.67. The van der Waals surface area contributed by atoms with Crippen molar-refractivity contribution in [3.05, 3.63) is 69.2 Å². The molecule has 0 aliphatic carbocycles. The van der Waals surface area contributed by atoms with E-state index >= 15 is 0 Å². The number of halogens is 4. The molecule has 112 valence electrons. The fourth-order valence-electron chi connectivity index (χ4n) is 2.16. The van der Waals surface area contributed by atoms with Gasteiger partial charge in [0.1, 0.15) is 0 Å². The van der Waals surface area contributed by atoms with Crippen molar-refractivity contribution in [2.24, 2.45) is 0 Å². The van der Waals surface area contributed by atoms with Crippen LogP contribution in [0.1, 0.15) is 30.5 Å². The lowest BCUT2D eigenvalue weighted by molar-refractivity contribution is 0.480. The largest absolute Gasteiger partial charge is 0.306 e. The third-order valence-electron chi connectivity index (χ3n) is 3.18. The zero-order chi connectivity index (χ0) is 15.4. The monoisotopic (exact) mass is 329 g/mol. The van der Waals surface area contributed by atoms with Crippen molar-refractivity contribution >= 4 is 23.2 Å². The van der Waals surface area contributed by atoms with Crippen molar-refractivity contribution in [3.8, 4) is 0 Å². The molecule has 0 fully saturated rings. The van der Waals surface area contributed by atoms with Gasteiger partial charge in [-0.25, -0.2) is 8.78 Å². The van der Waals surface area contributed by atoms with Crippen molar-refractivity contribution in [2.45, 2.75) is 19.4 Å². The van der Waals surface area contributed by atoms with E-state index in [4.69, 9.17) is 23.2 Å². The Balaban J connectivity index is 2.52. The molecule has 0 spiro atoms. The fourth-order valence-corrected chi connectivity index (χ4v) is 2.58. The van der Waals surface area contributed by atoms with E-state index in [1.54, 1.807) is 24.3 Å². The number of hydrogen-bond donors (Lipinski definition) is 1. The average molecular weight is 330 g/mol. The summed E-state index contributed by atoms with van der Waals surface area (Å²) in [6.07, 6.45) is 0.853. The molecule has 2 aromatic carbocycles. The lowest BCUT2D eigenvalue weighted by Gasteiger charge is -2.21. The van der Waals surface area contributed by atoms with Crippen molar-refractivity contribution in [3.63, 3.8) is 0 Å². The number of rotatable bonds is 5. The molecular weight excluding hydrogens is 315 g/mol. The Hall–Kier alpha value is -1.16. The van der Waals surface area contributed by atoms with E-state index < -0.39 is 17.7 Å². The number of hydrogen-bond acceptors (Lipinski definition) is 1. The Morgan fingerprint density at radius 3 is 2.43 bits per heavy atom. The summed E-state index contributed by atoms with van der Waals surface area (Å²) in [7, 11) is 0. The Labute approximate surface area is 132 Å². The minimum atomic E-state index is -0.881. The van der Waals surface area contributed by atoms with Crippen LogP contribution in [0.15, 0.2) is 36.4 Å². The summed E-state index contributed by atoms with van der Waals surface area (Å²) in [6.45, 7) is 2.63. The predicted molar refractivity (Wildman–Crippen MR) is 83.0 cm³/mol. The van der Waals surface area contributed by atoms with Gasteiger partial charge in [0.05, 0.1) is 16.1 Å². The van der Waals surface area contributed by atoms with Crippen LogP contribution in [-0.2, 0) is 0 Å². The molecule has 2 rings (SSSR count). The SMILES string of the molecule is CCCNC(c1cccc(F)c1F)c1cccc(Cl)c1Cl. The topological polar surface area (TPSA) is 12.0 Å². The van der Waals surface area contributed by atoms with Gasteiger partial charge in [0.2, 0.25) is 0 Å². The number of benzene rings is 2. The van der Waals surface area contributed by atoms with Crippen LogP contribution < -0.4 is 5.32 Å². The quantitative estimate of drug-likeness (QED) is 0.778. The molecule has 0 radical (unpaired) electrons. The molecule has 1 N–H and O–H groups in total. The first-order valence-electron chi connectivity index (χ1n) is 6.67. The normalized spacial score (nSPS) is 12.4. The zero-order valence-electron chi connectivity index (χ0n) is 11.5. The van der Waals surface area contributed by atoms with Crippen LogP contribution >= 0.6 is 23.2 Å². The van der Waals surface area contributed by atoms with Crippen molar-refractivity contribution < 1.29 is 8.78 Å². The van der Waals surface area contributed by atoms with Crippen LogP contribution in [0.5, 0.6) is 0 Å². The molecule has 0 aliphatic heterocycles. The third kappa shape index (κ3) is 3.54. The first-order valence-corrected chi connectivity index (χ1v) is 7.43. The maximum absolute atomic E-state index is 14.1. The van der Waals surface area contributed by atoms with Gasteiger partial charge in [-0.1, -0.05) is 54.4 Å². The highest BCUT2D eigenvalue weighted by Crippen LogP contribution is 2.34. The maximum atomic E-state index is 14.1. The molecule has 0 aliphatic rings. The van der Waals surface area contributed by atoms with Gasteiger partial charge in [0.15, 0.2) is 11.6 Å². The Kier molecular flexibility index (Phi) is 5.57. The van der Waals surface area contributed by atoms with Gasteiger partial charge in [-0.05, 0) is 30.7 Å². The van der Waals surface area contributed by atoms with Crippen LogP contribution in [0.25, 0.3) is 0 Å². The van der Waals surface area contributed by atoms with Gasteiger partial charge in [-0.2, -0.15) is 0 Å². The lowest BCUT2D eigenvalue weighted by Crippen LogP contribution is -2.24. The van der Waals surface area contributed by atoms with E-state index in [9.17, 15) is 8.78 Å². The van der Waals surface area contributed by atoms with Crippen molar-refractivity contribution in [2.75, 3.05) is 6.54 Å². The molecular formula is C16H15Cl2F2N.